The van der Waals surface area contributed by atoms with Gasteiger partial charge in [-0.25, -0.2) is 8.42 Å². The zero-order valence-corrected chi connectivity index (χ0v) is 9.57. The maximum atomic E-state index is 12.0. The minimum Gasteiger partial charge on any atom is -0.481 e. The minimum absolute atomic E-state index is 0.223. The third kappa shape index (κ3) is 1.82. The number of carboxylic acids is 1. The first-order valence-corrected chi connectivity index (χ1v) is 6.51. The van der Waals surface area contributed by atoms with Gasteiger partial charge in [-0.05, 0) is 31.0 Å². The summed E-state index contributed by atoms with van der Waals surface area (Å²) in [6.45, 7) is 1.81. The first-order chi connectivity index (χ1) is 7.43. The molecule has 5 heteroatoms. The monoisotopic (exact) mass is 240 g/mol. The van der Waals surface area contributed by atoms with Crippen molar-refractivity contribution in [2.45, 2.75) is 23.5 Å². The minimum atomic E-state index is -3.46. The van der Waals surface area contributed by atoms with E-state index in [1.807, 2.05) is 0 Å². The lowest BCUT2D eigenvalue weighted by Gasteiger charge is -2.03. The molecule has 1 saturated carbocycles. The van der Waals surface area contributed by atoms with Crippen LogP contribution in [0.4, 0.5) is 0 Å². The van der Waals surface area contributed by atoms with Gasteiger partial charge in [-0.3, -0.25) is 4.79 Å². The van der Waals surface area contributed by atoms with Gasteiger partial charge in [-0.15, -0.1) is 0 Å². The van der Waals surface area contributed by atoms with Crippen LogP contribution in [0.2, 0.25) is 0 Å². The Labute approximate surface area is 93.8 Å². The van der Waals surface area contributed by atoms with Crippen LogP contribution in [0, 0.1) is 12.8 Å². The van der Waals surface area contributed by atoms with Crippen molar-refractivity contribution in [3.8, 4) is 0 Å². The Kier molecular flexibility index (Phi) is 2.50. The number of rotatable bonds is 3. The number of hydrogen-bond acceptors (Lipinski definition) is 3. The Morgan fingerprint density at radius 3 is 2.62 bits per heavy atom. The van der Waals surface area contributed by atoms with Gasteiger partial charge in [0.05, 0.1) is 16.1 Å². The van der Waals surface area contributed by atoms with Crippen LogP contribution in [0.25, 0.3) is 0 Å². The molecule has 0 heterocycles. The van der Waals surface area contributed by atoms with Crippen LogP contribution < -0.4 is 0 Å². The van der Waals surface area contributed by atoms with Crippen LogP contribution in [0.3, 0.4) is 0 Å². The molecule has 1 fully saturated rings. The van der Waals surface area contributed by atoms with Crippen LogP contribution in [-0.4, -0.2) is 24.7 Å². The van der Waals surface area contributed by atoms with Crippen molar-refractivity contribution in [3.05, 3.63) is 29.8 Å². The van der Waals surface area contributed by atoms with Crippen molar-refractivity contribution in [2.75, 3.05) is 0 Å². The molecule has 4 nitrogen and oxygen atoms in total. The van der Waals surface area contributed by atoms with Gasteiger partial charge in [0.15, 0.2) is 9.84 Å². The average Bonchev–Trinajstić information content (AvgIpc) is 2.97. The molecular formula is C11H12O4S. The molecule has 0 bridgehead atoms. The summed E-state index contributed by atoms with van der Waals surface area (Å²) in [5.41, 5.74) is 0.855. The molecule has 0 aromatic heterocycles. The van der Waals surface area contributed by atoms with Gasteiger partial charge in [0.2, 0.25) is 0 Å². The predicted octanol–water partition coefficient (Wildman–Crippen LogP) is 1.24. The fraction of sp³-hybridized carbons (Fsp3) is 0.364. The van der Waals surface area contributed by atoms with Gasteiger partial charge in [-0.1, -0.05) is 12.1 Å². The Morgan fingerprint density at radius 2 is 2.12 bits per heavy atom. The van der Waals surface area contributed by atoms with Crippen molar-refractivity contribution in [1.29, 1.82) is 0 Å². The summed E-state index contributed by atoms with van der Waals surface area (Å²) in [6, 6.07) is 6.56. The highest BCUT2D eigenvalue weighted by Crippen LogP contribution is 2.40. The first kappa shape index (κ1) is 11.1. The number of sulfone groups is 1. The number of carbonyl (C=O) groups is 1. The average molecular weight is 240 g/mol. The summed E-state index contributed by atoms with van der Waals surface area (Å²) in [5, 5.41) is 7.98. The summed E-state index contributed by atoms with van der Waals surface area (Å²) in [6.07, 6.45) is 0.228. The molecular weight excluding hydrogens is 228 g/mol. The van der Waals surface area contributed by atoms with Crippen molar-refractivity contribution in [2.24, 2.45) is 5.92 Å². The van der Waals surface area contributed by atoms with E-state index in [1.54, 1.807) is 25.1 Å². The molecule has 86 valence electrons. The topological polar surface area (TPSA) is 71.4 Å². The number of benzene rings is 1. The van der Waals surface area contributed by atoms with Crippen LogP contribution >= 0.6 is 0 Å². The fourth-order valence-corrected chi connectivity index (χ4v) is 3.72. The number of carboxylic acid groups (broad SMARTS) is 1. The molecule has 0 spiro atoms. The summed E-state index contributed by atoms with van der Waals surface area (Å²) >= 11 is 0. The lowest BCUT2D eigenvalue weighted by Crippen LogP contribution is -2.13. The third-order valence-electron chi connectivity index (χ3n) is 2.77. The zero-order chi connectivity index (χ0) is 11.9. The zero-order valence-electron chi connectivity index (χ0n) is 8.75. The van der Waals surface area contributed by atoms with Crippen LogP contribution in [0.1, 0.15) is 12.0 Å². The second-order valence-electron chi connectivity index (χ2n) is 4.08. The summed E-state index contributed by atoms with van der Waals surface area (Å²) in [7, 11) is -3.46. The van der Waals surface area contributed by atoms with E-state index >= 15 is 0 Å². The maximum Gasteiger partial charge on any atom is 0.307 e. The molecule has 0 saturated heterocycles. The van der Waals surface area contributed by atoms with Gasteiger partial charge in [-0.2, -0.15) is 0 Å². The summed E-state index contributed by atoms with van der Waals surface area (Å²) < 4.78 is 24.0. The largest absolute Gasteiger partial charge is 0.481 e. The molecule has 1 N–H and O–H groups in total. The molecule has 0 aliphatic heterocycles. The standard InChI is InChI=1S/C11H12O4S/c1-7-3-2-4-8(5-7)16(14,15)10-6-9(10)11(12)13/h2-5,9-10H,6H2,1H3,(H,12,13). The van der Waals surface area contributed by atoms with Crippen molar-refractivity contribution in [1.82, 2.24) is 0 Å². The number of hydrogen-bond donors (Lipinski definition) is 1. The predicted molar refractivity (Wildman–Crippen MR) is 57.9 cm³/mol. The number of aryl methyl sites for hydroxylation is 1. The molecule has 1 aromatic carbocycles. The lowest BCUT2D eigenvalue weighted by atomic mass is 10.2. The van der Waals surface area contributed by atoms with Gasteiger partial charge in [0.25, 0.3) is 0 Å². The quantitative estimate of drug-likeness (QED) is 0.862. The highest BCUT2D eigenvalue weighted by Gasteiger charge is 2.52. The Morgan fingerprint density at radius 1 is 1.44 bits per heavy atom. The molecule has 0 amide bonds. The highest BCUT2D eigenvalue weighted by molar-refractivity contribution is 7.92. The lowest BCUT2D eigenvalue weighted by molar-refractivity contribution is -0.138. The smallest absolute Gasteiger partial charge is 0.307 e. The fourth-order valence-electron chi connectivity index (χ4n) is 1.74. The van der Waals surface area contributed by atoms with Gasteiger partial charge >= 0.3 is 5.97 Å². The van der Waals surface area contributed by atoms with E-state index in [9.17, 15) is 13.2 Å². The molecule has 1 aliphatic rings. The van der Waals surface area contributed by atoms with Crippen molar-refractivity contribution >= 4 is 15.8 Å². The molecule has 2 unspecified atom stereocenters. The van der Waals surface area contributed by atoms with E-state index in [2.05, 4.69) is 0 Å². The molecule has 1 aliphatic carbocycles. The summed E-state index contributed by atoms with van der Waals surface area (Å²) in [4.78, 5) is 10.9. The Bertz CT molecular complexity index is 533. The van der Waals surface area contributed by atoms with Gasteiger partial charge in [0.1, 0.15) is 0 Å². The van der Waals surface area contributed by atoms with E-state index < -0.39 is 27.0 Å². The van der Waals surface area contributed by atoms with Gasteiger partial charge in [0, 0.05) is 0 Å². The number of aliphatic carboxylic acids is 1. The normalized spacial score (nSPS) is 24.1. The van der Waals surface area contributed by atoms with Crippen LogP contribution in [0.15, 0.2) is 29.2 Å². The van der Waals surface area contributed by atoms with Crippen molar-refractivity contribution < 1.29 is 18.3 Å². The van der Waals surface area contributed by atoms with E-state index in [-0.39, 0.29) is 11.3 Å². The van der Waals surface area contributed by atoms with Crippen LogP contribution in [0.5, 0.6) is 0 Å². The van der Waals surface area contributed by atoms with E-state index in [4.69, 9.17) is 5.11 Å². The second kappa shape index (κ2) is 3.59. The van der Waals surface area contributed by atoms with E-state index in [1.165, 1.54) is 6.07 Å². The van der Waals surface area contributed by atoms with Crippen LogP contribution in [-0.2, 0) is 14.6 Å². The summed E-state index contributed by atoms with van der Waals surface area (Å²) in [5.74, 6) is -1.76. The third-order valence-corrected chi connectivity index (χ3v) is 4.99. The van der Waals surface area contributed by atoms with E-state index in [0.717, 1.165) is 5.56 Å². The molecule has 2 rings (SSSR count). The maximum absolute atomic E-state index is 12.0. The van der Waals surface area contributed by atoms with E-state index in [0.29, 0.717) is 0 Å². The Hall–Kier alpha value is -1.36. The second-order valence-corrected chi connectivity index (χ2v) is 6.25. The molecule has 2 atom stereocenters. The highest BCUT2D eigenvalue weighted by atomic mass is 32.2. The van der Waals surface area contributed by atoms with Gasteiger partial charge < -0.3 is 5.11 Å². The molecule has 16 heavy (non-hydrogen) atoms. The SMILES string of the molecule is Cc1cccc(S(=O)(=O)C2CC2C(=O)O)c1. The first-order valence-electron chi connectivity index (χ1n) is 4.96. The Balaban J connectivity index is 2.31. The molecule has 0 radical (unpaired) electrons. The van der Waals surface area contributed by atoms with Crippen molar-refractivity contribution in [3.63, 3.8) is 0 Å². The molecule has 1 aromatic rings.